The maximum absolute atomic E-state index is 11.3. The van der Waals surface area contributed by atoms with Gasteiger partial charge >= 0.3 is 0 Å². The number of nitro benzene ring substituents is 1. The fourth-order valence-corrected chi connectivity index (χ4v) is 3.70. The number of nitrogens with zero attached hydrogens (tertiary/aromatic N) is 3. The predicted octanol–water partition coefficient (Wildman–Crippen LogP) is 1.76. The minimum absolute atomic E-state index is 0.0423. The Labute approximate surface area is 167 Å². The summed E-state index contributed by atoms with van der Waals surface area (Å²) < 4.78 is 22.6. The number of nitrogens with one attached hydrogen (secondary N) is 1. The average molecular weight is 422 g/mol. The highest BCUT2D eigenvalue weighted by molar-refractivity contribution is 7.89. The van der Waals surface area contributed by atoms with Crippen LogP contribution >= 0.6 is 12.2 Å². The van der Waals surface area contributed by atoms with Gasteiger partial charge in [0.1, 0.15) is 0 Å². The van der Waals surface area contributed by atoms with Crippen LogP contribution in [0.3, 0.4) is 0 Å². The van der Waals surface area contributed by atoms with Crippen molar-refractivity contribution in [3.8, 4) is 0 Å². The monoisotopic (exact) mass is 421 g/mol. The van der Waals surface area contributed by atoms with Gasteiger partial charge in [0, 0.05) is 49.7 Å². The van der Waals surface area contributed by atoms with Gasteiger partial charge in [-0.3, -0.25) is 10.1 Å². The van der Waals surface area contributed by atoms with Crippen LogP contribution in [0.15, 0.2) is 53.4 Å². The molecule has 0 saturated carbocycles. The molecule has 1 heterocycles. The Balaban J connectivity index is 1.55. The smallest absolute Gasteiger partial charge is 0.269 e. The van der Waals surface area contributed by atoms with Crippen molar-refractivity contribution >= 4 is 44.4 Å². The second-order valence-corrected chi connectivity index (χ2v) is 8.20. The number of nitrogens with two attached hydrogens (primary N) is 1. The molecule has 9 nitrogen and oxygen atoms in total. The van der Waals surface area contributed by atoms with Crippen molar-refractivity contribution in [3.63, 3.8) is 0 Å². The first-order valence-corrected chi connectivity index (χ1v) is 10.4. The first-order valence-electron chi connectivity index (χ1n) is 8.42. The van der Waals surface area contributed by atoms with Crippen LogP contribution in [0.1, 0.15) is 0 Å². The minimum Gasteiger partial charge on any atom is -0.368 e. The van der Waals surface area contributed by atoms with E-state index < -0.39 is 14.9 Å². The predicted molar refractivity (Wildman–Crippen MR) is 111 cm³/mol. The van der Waals surface area contributed by atoms with Crippen LogP contribution < -0.4 is 15.4 Å². The second-order valence-electron chi connectivity index (χ2n) is 6.25. The zero-order chi connectivity index (χ0) is 20.3. The Hall–Kier alpha value is -2.76. The summed E-state index contributed by atoms with van der Waals surface area (Å²) >= 11 is 5.44. The number of rotatable bonds is 4. The highest BCUT2D eigenvalue weighted by atomic mass is 32.2. The molecule has 1 aliphatic rings. The van der Waals surface area contributed by atoms with Crippen LogP contribution in [0.2, 0.25) is 0 Å². The summed E-state index contributed by atoms with van der Waals surface area (Å²) in [7, 11) is -3.72. The first kappa shape index (κ1) is 20.0. The standard InChI is InChI=1S/C17H19N5O4S2/c18-28(25,26)16-7-1-13(2-8-16)19-17(27)21-11-9-20(10-12-21)14-3-5-15(6-4-14)22(23)24/h1-8H,9-12H2,(H,19,27)(H2,18,25,26). The molecule has 3 N–H and O–H groups in total. The number of non-ortho nitro benzene ring substituents is 1. The summed E-state index contributed by atoms with van der Waals surface area (Å²) in [6.45, 7) is 2.84. The third-order valence-electron chi connectivity index (χ3n) is 4.43. The number of hydrogen-bond donors (Lipinski definition) is 2. The number of anilines is 2. The Morgan fingerprint density at radius 2 is 1.61 bits per heavy atom. The van der Waals surface area contributed by atoms with Gasteiger partial charge in [-0.05, 0) is 48.6 Å². The fraction of sp³-hybridized carbons (Fsp3) is 0.235. The van der Waals surface area contributed by atoms with Crippen LogP contribution in [-0.4, -0.2) is 49.5 Å². The third kappa shape index (κ3) is 4.74. The van der Waals surface area contributed by atoms with Gasteiger partial charge in [-0.25, -0.2) is 13.6 Å². The lowest BCUT2D eigenvalue weighted by atomic mass is 10.2. The molecule has 148 valence electrons. The summed E-state index contributed by atoms with van der Waals surface area (Å²) in [6.07, 6.45) is 0. The van der Waals surface area contributed by atoms with Crippen LogP contribution in [0.5, 0.6) is 0 Å². The maximum atomic E-state index is 11.3. The van der Waals surface area contributed by atoms with Crippen molar-refractivity contribution in [1.29, 1.82) is 0 Å². The molecular formula is C17H19N5O4S2. The molecule has 0 aromatic heterocycles. The normalized spacial score (nSPS) is 14.6. The molecule has 0 aliphatic carbocycles. The summed E-state index contributed by atoms with van der Waals surface area (Å²) in [4.78, 5) is 14.5. The van der Waals surface area contributed by atoms with Gasteiger partial charge < -0.3 is 15.1 Å². The zero-order valence-electron chi connectivity index (χ0n) is 14.8. The van der Waals surface area contributed by atoms with Crippen LogP contribution in [-0.2, 0) is 10.0 Å². The van der Waals surface area contributed by atoms with E-state index in [9.17, 15) is 18.5 Å². The third-order valence-corrected chi connectivity index (χ3v) is 5.72. The number of nitro groups is 1. The molecule has 0 atom stereocenters. The summed E-state index contributed by atoms with van der Waals surface area (Å²) in [5, 5.41) is 19.5. The van der Waals surface area contributed by atoms with E-state index in [0.717, 1.165) is 18.8 Å². The van der Waals surface area contributed by atoms with Crippen molar-refractivity contribution < 1.29 is 13.3 Å². The number of benzene rings is 2. The van der Waals surface area contributed by atoms with Crippen molar-refractivity contribution in [2.45, 2.75) is 4.90 Å². The summed E-state index contributed by atoms with van der Waals surface area (Å²) in [5.74, 6) is 0. The van der Waals surface area contributed by atoms with Gasteiger partial charge in [-0.15, -0.1) is 0 Å². The van der Waals surface area contributed by atoms with Gasteiger partial charge in [0.2, 0.25) is 10.0 Å². The maximum Gasteiger partial charge on any atom is 0.269 e. The lowest BCUT2D eigenvalue weighted by Crippen LogP contribution is -2.50. The van der Waals surface area contributed by atoms with Gasteiger partial charge in [0.25, 0.3) is 5.69 Å². The molecule has 1 fully saturated rings. The van der Waals surface area contributed by atoms with E-state index in [4.69, 9.17) is 17.4 Å². The Morgan fingerprint density at radius 3 is 2.11 bits per heavy atom. The summed E-state index contributed by atoms with van der Waals surface area (Å²) in [6, 6.07) is 12.6. The van der Waals surface area contributed by atoms with E-state index in [0.29, 0.717) is 23.9 Å². The topological polar surface area (TPSA) is 122 Å². The SMILES string of the molecule is NS(=O)(=O)c1ccc(NC(=S)N2CCN(c3ccc([N+](=O)[O-])cc3)CC2)cc1. The highest BCUT2D eigenvalue weighted by Gasteiger charge is 2.20. The van der Waals surface area contributed by atoms with Crippen molar-refractivity contribution in [2.75, 3.05) is 36.4 Å². The molecule has 0 amide bonds. The molecule has 1 saturated heterocycles. The number of hydrogen-bond acceptors (Lipinski definition) is 6. The van der Waals surface area contributed by atoms with E-state index in [1.807, 2.05) is 4.90 Å². The van der Waals surface area contributed by atoms with Gasteiger partial charge in [0.15, 0.2) is 5.11 Å². The van der Waals surface area contributed by atoms with Gasteiger partial charge in [0.05, 0.1) is 9.82 Å². The minimum atomic E-state index is -3.72. The molecule has 11 heteroatoms. The number of piperazine rings is 1. The molecule has 28 heavy (non-hydrogen) atoms. The van der Waals surface area contributed by atoms with E-state index >= 15 is 0 Å². The number of thiocarbonyl (C=S) groups is 1. The van der Waals surface area contributed by atoms with Gasteiger partial charge in [-0.2, -0.15) is 0 Å². The van der Waals surface area contributed by atoms with Crippen LogP contribution in [0, 0.1) is 10.1 Å². The fourth-order valence-electron chi connectivity index (χ4n) is 2.88. The van der Waals surface area contributed by atoms with Crippen LogP contribution in [0.4, 0.5) is 17.1 Å². The quantitative estimate of drug-likeness (QED) is 0.435. The molecule has 1 aliphatic heterocycles. The largest absolute Gasteiger partial charge is 0.368 e. The molecule has 2 aromatic carbocycles. The highest BCUT2D eigenvalue weighted by Crippen LogP contribution is 2.21. The molecule has 0 bridgehead atoms. The molecule has 0 spiro atoms. The molecule has 2 aromatic rings. The Kier molecular flexibility index (Phi) is 5.77. The molecular weight excluding hydrogens is 402 g/mol. The Bertz CT molecular complexity index is 970. The second kappa shape index (κ2) is 8.09. The van der Waals surface area contributed by atoms with E-state index in [1.54, 1.807) is 24.3 Å². The van der Waals surface area contributed by atoms with Crippen molar-refractivity contribution in [1.82, 2.24) is 4.90 Å². The number of primary sulfonamides is 1. The first-order chi connectivity index (χ1) is 13.2. The lowest BCUT2D eigenvalue weighted by Gasteiger charge is -2.37. The average Bonchev–Trinajstić information content (AvgIpc) is 2.68. The Morgan fingerprint density at radius 1 is 1.04 bits per heavy atom. The van der Waals surface area contributed by atoms with Crippen molar-refractivity contribution in [3.05, 3.63) is 58.6 Å². The molecule has 3 rings (SSSR count). The zero-order valence-corrected chi connectivity index (χ0v) is 16.4. The van der Waals surface area contributed by atoms with Gasteiger partial charge in [-0.1, -0.05) is 0 Å². The summed E-state index contributed by atoms with van der Waals surface area (Å²) in [5.41, 5.74) is 1.68. The lowest BCUT2D eigenvalue weighted by molar-refractivity contribution is -0.384. The number of sulfonamides is 1. The van der Waals surface area contributed by atoms with Crippen LogP contribution in [0.25, 0.3) is 0 Å². The molecule has 0 unspecified atom stereocenters. The molecule has 0 radical (unpaired) electrons. The van der Waals surface area contributed by atoms with Crippen molar-refractivity contribution in [2.24, 2.45) is 5.14 Å². The van der Waals surface area contributed by atoms with E-state index in [2.05, 4.69) is 10.2 Å². The van der Waals surface area contributed by atoms with E-state index in [-0.39, 0.29) is 10.6 Å². The van der Waals surface area contributed by atoms with E-state index in [1.165, 1.54) is 24.3 Å².